The fourth-order valence-corrected chi connectivity index (χ4v) is 2.71. The number of aromatic nitrogens is 1. The Hall–Kier alpha value is -1.48. The quantitative estimate of drug-likeness (QED) is 0.827. The van der Waals surface area contributed by atoms with Gasteiger partial charge in [0.2, 0.25) is 0 Å². The predicted octanol–water partition coefficient (Wildman–Crippen LogP) is 3.87. The maximum Gasteiger partial charge on any atom is 0.138 e. The number of carbonyl (C=O) groups excluding carboxylic acids is 1. The van der Waals surface area contributed by atoms with E-state index in [0.29, 0.717) is 12.2 Å². The van der Waals surface area contributed by atoms with Gasteiger partial charge in [-0.25, -0.2) is 0 Å². The van der Waals surface area contributed by atoms with Crippen LogP contribution in [-0.4, -0.2) is 35.3 Å². The normalized spacial score (nSPS) is 16.5. The van der Waals surface area contributed by atoms with E-state index in [0.717, 1.165) is 43.9 Å². The number of aryl methyl sites for hydroxylation is 1. The Balaban J connectivity index is 1.81. The minimum atomic E-state index is -0.203. The molecule has 0 aromatic carbocycles. The van der Waals surface area contributed by atoms with Crippen molar-refractivity contribution < 1.29 is 4.79 Å². The maximum absolute atomic E-state index is 11.9. The van der Waals surface area contributed by atoms with Crippen molar-refractivity contribution in [3.05, 3.63) is 35.7 Å². The van der Waals surface area contributed by atoms with Gasteiger partial charge in [-0.1, -0.05) is 32.9 Å². The zero-order valence-corrected chi connectivity index (χ0v) is 14.4. The molecule has 0 unspecified atom stereocenters. The van der Waals surface area contributed by atoms with Crippen molar-refractivity contribution in [3.63, 3.8) is 0 Å². The Morgan fingerprint density at radius 3 is 2.68 bits per heavy atom. The third kappa shape index (κ3) is 4.77. The van der Waals surface area contributed by atoms with E-state index in [1.807, 2.05) is 33.8 Å². The first-order chi connectivity index (χ1) is 10.4. The molecule has 120 valence electrons. The number of nitrogens with zero attached hydrogens (tertiary/aromatic N) is 2. The molecule has 0 amide bonds. The number of ketones is 1. The lowest BCUT2D eigenvalue weighted by Gasteiger charge is -2.26. The van der Waals surface area contributed by atoms with E-state index < -0.39 is 0 Å². The summed E-state index contributed by atoms with van der Waals surface area (Å²) in [5.74, 6) is 0.365. The largest absolute Gasteiger partial charge is 0.299 e. The van der Waals surface area contributed by atoms with Crippen LogP contribution in [0.5, 0.6) is 0 Å². The molecule has 1 aromatic heterocycles. The van der Waals surface area contributed by atoms with Gasteiger partial charge in [-0.05, 0) is 44.0 Å². The van der Waals surface area contributed by atoms with Gasteiger partial charge in [0.25, 0.3) is 0 Å². The van der Waals surface area contributed by atoms with E-state index in [-0.39, 0.29) is 5.41 Å². The highest BCUT2D eigenvalue weighted by atomic mass is 16.1. The molecule has 0 saturated carbocycles. The minimum absolute atomic E-state index is 0.203. The van der Waals surface area contributed by atoms with Gasteiger partial charge in [-0.15, -0.1) is 0 Å². The Morgan fingerprint density at radius 1 is 1.32 bits per heavy atom. The minimum Gasteiger partial charge on any atom is -0.299 e. The Kier molecular flexibility index (Phi) is 5.52. The molecule has 2 rings (SSSR count). The number of pyridine rings is 1. The molecular weight excluding hydrogens is 272 g/mol. The average molecular weight is 300 g/mol. The van der Waals surface area contributed by atoms with Gasteiger partial charge < -0.3 is 0 Å². The Bertz CT molecular complexity index is 555. The summed E-state index contributed by atoms with van der Waals surface area (Å²) < 4.78 is 0. The summed E-state index contributed by atoms with van der Waals surface area (Å²) in [6.07, 6.45) is 4.98. The lowest BCUT2D eigenvalue weighted by atomic mass is 9.88. The van der Waals surface area contributed by atoms with E-state index in [9.17, 15) is 4.79 Å². The molecule has 0 fully saturated rings. The van der Waals surface area contributed by atoms with Crippen LogP contribution in [0.25, 0.3) is 5.57 Å². The van der Waals surface area contributed by atoms with E-state index in [1.54, 1.807) is 0 Å². The number of carbonyl (C=O) groups is 1. The molecule has 0 saturated heterocycles. The highest BCUT2D eigenvalue weighted by Gasteiger charge is 2.21. The van der Waals surface area contributed by atoms with Gasteiger partial charge in [-0.2, -0.15) is 0 Å². The van der Waals surface area contributed by atoms with Crippen LogP contribution in [0.15, 0.2) is 24.3 Å². The lowest BCUT2D eigenvalue weighted by Crippen LogP contribution is -2.30. The fourth-order valence-electron chi connectivity index (χ4n) is 2.71. The third-order valence-electron chi connectivity index (χ3n) is 4.23. The number of rotatable bonds is 5. The zero-order chi connectivity index (χ0) is 16.2. The summed E-state index contributed by atoms with van der Waals surface area (Å²) in [6, 6.07) is 6.20. The smallest absolute Gasteiger partial charge is 0.138 e. The van der Waals surface area contributed by atoms with Crippen LogP contribution in [0.3, 0.4) is 0 Å². The summed E-state index contributed by atoms with van der Waals surface area (Å²) in [4.78, 5) is 19.0. The SMILES string of the molecule is Cc1cccc(C2=CCN(CCCC(=O)C(C)(C)C)CC2)n1. The molecule has 1 aliphatic rings. The summed E-state index contributed by atoms with van der Waals surface area (Å²) in [6.45, 7) is 11.1. The van der Waals surface area contributed by atoms with Crippen molar-refractivity contribution in [2.45, 2.75) is 47.0 Å². The fraction of sp³-hybridized carbons (Fsp3) is 0.579. The molecule has 3 nitrogen and oxygen atoms in total. The molecule has 1 aromatic rings. The first-order valence-corrected chi connectivity index (χ1v) is 8.25. The second-order valence-corrected chi connectivity index (χ2v) is 7.22. The van der Waals surface area contributed by atoms with Gasteiger partial charge in [0, 0.05) is 30.6 Å². The molecule has 2 heterocycles. The molecule has 0 radical (unpaired) electrons. The van der Waals surface area contributed by atoms with E-state index in [1.165, 1.54) is 5.57 Å². The predicted molar refractivity (Wildman–Crippen MR) is 91.7 cm³/mol. The van der Waals surface area contributed by atoms with Crippen LogP contribution in [0, 0.1) is 12.3 Å². The summed E-state index contributed by atoms with van der Waals surface area (Å²) >= 11 is 0. The van der Waals surface area contributed by atoms with Crippen LogP contribution >= 0.6 is 0 Å². The summed E-state index contributed by atoms with van der Waals surface area (Å²) in [5, 5.41) is 0. The summed E-state index contributed by atoms with van der Waals surface area (Å²) in [5.41, 5.74) is 3.33. The molecule has 0 spiro atoms. The molecule has 0 bridgehead atoms. The van der Waals surface area contributed by atoms with Crippen molar-refractivity contribution >= 4 is 11.4 Å². The lowest BCUT2D eigenvalue weighted by molar-refractivity contribution is -0.126. The van der Waals surface area contributed by atoms with Crippen LogP contribution in [0.1, 0.15) is 51.4 Å². The number of Topliss-reactive ketones (excluding diaryl/α,β-unsaturated/α-hetero) is 1. The van der Waals surface area contributed by atoms with Gasteiger partial charge in [-0.3, -0.25) is 14.7 Å². The second kappa shape index (κ2) is 7.19. The van der Waals surface area contributed by atoms with Gasteiger partial charge in [0.1, 0.15) is 5.78 Å². The third-order valence-corrected chi connectivity index (χ3v) is 4.23. The van der Waals surface area contributed by atoms with Crippen LogP contribution < -0.4 is 0 Å². The molecule has 0 atom stereocenters. The van der Waals surface area contributed by atoms with E-state index in [4.69, 9.17) is 0 Å². The second-order valence-electron chi connectivity index (χ2n) is 7.22. The van der Waals surface area contributed by atoms with Crippen molar-refractivity contribution in [3.8, 4) is 0 Å². The van der Waals surface area contributed by atoms with Gasteiger partial charge in [0.05, 0.1) is 5.69 Å². The van der Waals surface area contributed by atoms with E-state index >= 15 is 0 Å². The standard InChI is InChI=1S/C19H28N2O/c1-15-7-5-8-17(20-15)16-10-13-21(14-11-16)12-6-9-18(22)19(2,3)4/h5,7-8,10H,6,9,11-14H2,1-4H3. The first-order valence-electron chi connectivity index (χ1n) is 8.25. The highest BCUT2D eigenvalue weighted by molar-refractivity contribution is 5.83. The molecule has 3 heteroatoms. The topological polar surface area (TPSA) is 33.2 Å². The van der Waals surface area contributed by atoms with Crippen molar-refractivity contribution in [1.82, 2.24) is 9.88 Å². The Labute approximate surface area is 134 Å². The maximum atomic E-state index is 11.9. The van der Waals surface area contributed by atoms with Crippen molar-refractivity contribution in [2.24, 2.45) is 5.41 Å². The summed E-state index contributed by atoms with van der Waals surface area (Å²) in [7, 11) is 0. The molecule has 22 heavy (non-hydrogen) atoms. The monoisotopic (exact) mass is 300 g/mol. The molecule has 0 N–H and O–H groups in total. The zero-order valence-electron chi connectivity index (χ0n) is 14.4. The van der Waals surface area contributed by atoms with Crippen molar-refractivity contribution in [2.75, 3.05) is 19.6 Å². The van der Waals surface area contributed by atoms with Crippen LogP contribution in [0.2, 0.25) is 0 Å². The van der Waals surface area contributed by atoms with E-state index in [2.05, 4.69) is 28.1 Å². The van der Waals surface area contributed by atoms with Crippen LogP contribution in [-0.2, 0) is 4.79 Å². The molecular formula is C19H28N2O. The molecule has 1 aliphatic heterocycles. The molecule has 0 aliphatic carbocycles. The number of hydrogen-bond acceptors (Lipinski definition) is 3. The average Bonchev–Trinajstić information content (AvgIpc) is 2.47. The van der Waals surface area contributed by atoms with Crippen LogP contribution in [0.4, 0.5) is 0 Å². The first kappa shape index (κ1) is 16.9. The number of hydrogen-bond donors (Lipinski definition) is 0. The van der Waals surface area contributed by atoms with Gasteiger partial charge >= 0.3 is 0 Å². The van der Waals surface area contributed by atoms with Crippen molar-refractivity contribution in [1.29, 1.82) is 0 Å². The highest BCUT2D eigenvalue weighted by Crippen LogP contribution is 2.22. The van der Waals surface area contributed by atoms with Gasteiger partial charge in [0.15, 0.2) is 0 Å². The Morgan fingerprint density at radius 2 is 2.09 bits per heavy atom.